The van der Waals surface area contributed by atoms with Crippen molar-refractivity contribution in [3.05, 3.63) is 36.4 Å². The van der Waals surface area contributed by atoms with Crippen molar-refractivity contribution >= 4 is 47.0 Å². The monoisotopic (exact) mass is 475 g/mol. The van der Waals surface area contributed by atoms with Crippen LogP contribution in [0, 0.1) is 0 Å². The van der Waals surface area contributed by atoms with Gasteiger partial charge in [0.05, 0.1) is 22.4 Å². The molecule has 0 radical (unpaired) electrons. The summed E-state index contributed by atoms with van der Waals surface area (Å²) in [5.74, 6) is 0. The molecule has 0 amide bonds. The lowest BCUT2D eigenvalue weighted by atomic mass is 9.77. The molecule has 186 valence electrons. The maximum Gasteiger partial charge on any atom is 0.494 e. The van der Waals surface area contributed by atoms with Crippen molar-refractivity contribution in [1.82, 2.24) is 4.57 Å². The van der Waals surface area contributed by atoms with Crippen LogP contribution in [0.4, 0.5) is 0 Å². The molecule has 2 fully saturated rings. The van der Waals surface area contributed by atoms with E-state index in [0.29, 0.717) is 0 Å². The number of rotatable bonds is 5. The Kier molecular flexibility index (Phi) is 5.76. The molecule has 0 saturated carbocycles. The van der Waals surface area contributed by atoms with Gasteiger partial charge in [-0.3, -0.25) is 0 Å². The molecule has 3 aromatic rings. The van der Waals surface area contributed by atoms with Crippen molar-refractivity contribution in [3.63, 3.8) is 0 Å². The van der Waals surface area contributed by atoms with E-state index in [4.69, 9.17) is 18.6 Å². The fourth-order valence-electron chi connectivity index (χ4n) is 4.95. The van der Waals surface area contributed by atoms with E-state index in [-0.39, 0.29) is 36.6 Å². The van der Waals surface area contributed by atoms with Gasteiger partial charge in [0.15, 0.2) is 0 Å². The molecule has 0 aliphatic carbocycles. The molecule has 7 heteroatoms. The van der Waals surface area contributed by atoms with Gasteiger partial charge in [0.25, 0.3) is 0 Å². The van der Waals surface area contributed by atoms with Gasteiger partial charge >= 0.3 is 14.2 Å². The molecule has 0 bridgehead atoms. The lowest BCUT2D eigenvalue weighted by Crippen LogP contribution is -2.41. The fraction of sp³-hybridized carbons (Fsp3) is 0.571. The highest BCUT2D eigenvalue weighted by Gasteiger charge is 2.52. The second-order valence-electron chi connectivity index (χ2n) is 12.2. The number of benzene rings is 2. The fourth-order valence-corrected chi connectivity index (χ4v) is 4.95. The zero-order valence-electron chi connectivity index (χ0n) is 22.8. The predicted molar refractivity (Wildman–Crippen MR) is 146 cm³/mol. The molecule has 2 aliphatic heterocycles. The lowest BCUT2D eigenvalue weighted by Gasteiger charge is -2.32. The summed E-state index contributed by atoms with van der Waals surface area (Å²) in [6.07, 6.45) is 2.29. The number of unbranched alkanes of at least 4 members (excludes halogenated alkanes) is 1. The summed E-state index contributed by atoms with van der Waals surface area (Å²) in [7, 11) is -0.769. The molecule has 5 rings (SSSR count). The maximum atomic E-state index is 6.36. The van der Waals surface area contributed by atoms with Crippen molar-refractivity contribution in [3.8, 4) is 0 Å². The van der Waals surface area contributed by atoms with Crippen molar-refractivity contribution in [2.45, 2.75) is 104 Å². The molecule has 2 saturated heterocycles. The van der Waals surface area contributed by atoms with Gasteiger partial charge in [-0.2, -0.15) is 0 Å². The summed E-state index contributed by atoms with van der Waals surface area (Å²) >= 11 is 0. The summed E-state index contributed by atoms with van der Waals surface area (Å²) in [4.78, 5) is 0. The smallest absolute Gasteiger partial charge is 0.399 e. The molecule has 3 heterocycles. The standard InChI is InChI=1S/C28H39B2NO4/c1-10-11-16-31-23-14-12-19(29-32-25(2,3)26(4,5)33-29)17-21(23)22-18-20(13-15-24(22)31)30-34-27(6,7)28(8,9)35-30/h12-15,17-18H,10-11,16H2,1-9H3. The Labute approximate surface area is 210 Å². The van der Waals surface area contributed by atoms with Crippen LogP contribution >= 0.6 is 0 Å². The van der Waals surface area contributed by atoms with E-state index in [1.807, 2.05) is 0 Å². The quantitative estimate of drug-likeness (QED) is 0.477. The lowest BCUT2D eigenvalue weighted by molar-refractivity contribution is 0.00578. The largest absolute Gasteiger partial charge is 0.494 e. The van der Waals surface area contributed by atoms with E-state index in [2.05, 4.69) is 103 Å². The van der Waals surface area contributed by atoms with Gasteiger partial charge in [-0.15, -0.1) is 0 Å². The highest BCUT2D eigenvalue weighted by Crippen LogP contribution is 2.38. The number of hydrogen-bond donors (Lipinski definition) is 0. The van der Waals surface area contributed by atoms with E-state index in [9.17, 15) is 0 Å². The van der Waals surface area contributed by atoms with E-state index in [1.165, 1.54) is 21.8 Å². The summed E-state index contributed by atoms with van der Waals surface area (Å²) < 4.78 is 27.9. The first-order valence-electron chi connectivity index (χ1n) is 13.0. The molecule has 35 heavy (non-hydrogen) atoms. The molecule has 0 N–H and O–H groups in total. The number of nitrogens with zero attached hydrogens (tertiary/aromatic N) is 1. The molecule has 1 aromatic heterocycles. The van der Waals surface area contributed by atoms with Gasteiger partial charge in [-0.25, -0.2) is 0 Å². The highest BCUT2D eigenvalue weighted by atomic mass is 16.7. The van der Waals surface area contributed by atoms with E-state index < -0.39 is 0 Å². The topological polar surface area (TPSA) is 41.9 Å². The Balaban J connectivity index is 1.62. The Morgan fingerprint density at radius 2 is 1.00 bits per heavy atom. The molecule has 2 aromatic carbocycles. The Morgan fingerprint density at radius 1 is 0.629 bits per heavy atom. The minimum absolute atomic E-state index is 0.369. The van der Waals surface area contributed by atoms with Crippen LogP contribution in [-0.4, -0.2) is 41.2 Å². The minimum atomic E-state index is -0.385. The second kappa shape index (κ2) is 8.11. The van der Waals surface area contributed by atoms with Crippen LogP contribution in [0.5, 0.6) is 0 Å². The first-order valence-corrected chi connectivity index (χ1v) is 13.0. The third-order valence-electron chi connectivity index (χ3n) is 8.70. The average molecular weight is 475 g/mol. The molecule has 0 spiro atoms. The van der Waals surface area contributed by atoms with Crippen LogP contribution in [0.15, 0.2) is 36.4 Å². The van der Waals surface area contributed by atoms with Crippen molar-refractivity contribution in [1.29, 1.82) is 0 Å². The third kappa shape index (κ3) is 3.96. The van der Waals surface area contributed by atoms with Gasteiger partial charge in [-0.05, 0) is 84.9 Å². The number of hydrogen-bond acceptors (Lipinski definition) is 4. The molecular weight excluding hydrogens is 436 g/mol. The van der Waals surface area contributed by atoms with E-state index >= 15 is 0 Å². The zero-order chi connectivity index (χ0) is 25.4. The average Bonchev–Trinajstić information content (AvgIpc) is 3.28. The predicted octanol–water partition coefficient (Wildman–Crippen LogP) is 5.19. The maximum absolute atomic E-state index is 6.36. The Bertz CT molecular complexity index is 1150. The van der Waals surface area contributed by atoms with Crippen LogP contribution in [0.1, 0.15) is 75.2 Å². The minimum Gasteiger partial charge on any atom is -0.399 e. The van der Waals surface area contributed by atoms with Crippen LogP contribution in [-0.2, 0) is 25.2 Å². The summed E-state index contributed by atoms with van der Waals surface area (Å²) in [6, 6.07) is 13.2. The number of aromatic nitrogens is 1. The summed E-state index contributed by atoms with van der Waals surface area (Å²) in [5.41, 5.74) is 3.09. The van der Waals surface area contributed by atoms with Crippen molar-refractivity contribution < 1.29 is 18.6 Å². The third-order valence-corrected chi connectivity index (χ3v) is 8.70. The molecule has 0 unspecified atom stereocenters. The van der Waals surface area contributed by atoms with Gasteiger partial charge < -0.3 is 23.2 Å². The van der Waals surface area contributed by atoms with Gasteiger partial charge in [-0.1, -0.05) is 37.6 Å². The van der Waals surface area contributed by atoms with Crippen LogP contribution in [0.2, 0.25) is 0 Å². The van der Waals surface area contributed by atoms with Crippen LogP contribution in [0.3, 0.4) is 0 Å². The second-order valence-corrected chi connectivity index (χ2v) is 12.2. The zero-order valence-corrected chi connectivity index (χ0v) is 22.8. The molecule has 5 nitrogen and oxygen atoms in total. The summed E-state index contributed by atoms with van der Waals surface area (Å²) in [5, 5.41) is 2.42. The normalized spacial score (nSPS) is 22.5. The first kappa shape index (κ1) is 24.9. The van der Waals surface area contributed by atoms with E-state index in [0.717, 1.165) is 30.3 Å². The van der Waals surface area contributed by atoms with Crippen molar-refractivity contribution in [2.75, 3.05) is 0 Å². The van der Waals surface area contributed by atoms with Gasteiger partial charge in [0.2, 0.25) is 0 Å². The van der Waals surface area contributed by atoms with Crippen LogP contribution in [0.25, 0.3) is 21.8 Å². The highest BCUT2D eigenvalue weighted by molar-refractivity contribution is 6.63. The number of fused-ring (bicyclic) bond motifs is 3. The van der Waals surface area contributed by atoms with Gasteiger partial charge in [0.1, 0.15) is 0 Å². The Hall–Kier alpha value is -1.79. The number of aryl methyl sites for hydroxylation is 1. The first-order chi connectivity index (χ1) is 16.3. The molecule has 0 atom stereocenters. The Morgan fingerprint density at radius 3 is 1.34 bits per heavy atom. The van der Waals surface area contributed by atoms with Crippen molar-refractivity contribution in [2.24, 2.45) is 0 Å². The summed E-state index contributed by atoms with van der Waals surface area (Å²) in [6.45, 7) is 20.0. The van der Waals surface area contributed by atoms with Gasteiger partial charge in [0, 0.05) is 28.4 Å². The molecule has 2 aliphatic rings. The SMILES string of the molecule is CCCCn1c2ccc(B3OC(C)(C)C(C)(C)O3)cc2c2cc(B3OC(C)(C)C(C)(C)O3)ccc21. The van der Waals surface area contributed by atoms with E-state index in [1.54, 1.807) is 0 Å². The molecular formula is C28H39B2NO4. The van der Waals surface area contributed by atoms with Crippen LogP contribution < -0.4 is 10.9 Å².